The Bertz CT molecular complexity index is 361. The fraction of sp³-hybridized carbons (Fsp3) is 0.636. The maximum absolute atomic E-state index is 11.4. The highest BCUT2D eigenvalue weighted by Crippen LogP contribution is 2.34. The molecule has 0 bridgehead atoms. The maximum Gasteiger partial charge on any atom is 0.135 e. The molecule has 3 nitrogen and oxygen atoms in total. The van der Waals surface area contributed by atoms with Crippen LogP contribution in [0.25, 0.3) is 0 Å². The second kappa shape index (κ2) is 4.35. The molecule has 15 heavy (non-hydrogen) atoms. The third kappa shape index (κ3) is 2.23. The first-order valence-corrected chi connectivity index (χ1v) is 5.80. The van der Waals surface area contributed by atoms with Gasteiger partial charge in [-0.05, 0) is 12.3 Å². The van der Waals surface area contributed by atoms with Gasteiger partial charge in [-0.2, -0.15) is 5.10 Å². The van der Waals surface area contributed by atoms with Gasteiger partial charge in [0.05, 0.1) is 17.3 Å². The van der Waals surface area contributed by atoms with E-state index >= 15 is 0 Å². The zero-order valence-corrected chi connectivity index (χ0v) is 9.57. The lowest BCUT2D eigenvalue weighted by Gasteiger charge is -2.30. The van der Waals surface area contributed by atoms with Crippen LogP contribution in [0.2, 0.25) is 5.02 Å². The summed E-state index contributed by atoms with van der Waals surface area (Å²) in [5, 5.41) is 4.85. The molecule has 1 aliphatic carbocycles. The van der Waals surface area contributed by atoms with E-state index in [0.717, 1.165) is 19.3 Å². The molecule has 1 heterocycles. The van der Waals surface area contributed by atoms with Gasteiger partial charge < -0.3 is 0 Å². The first-order valence-electron chi connectivity index (χ1n) is 5.42. The molecule has 82 valence electrons. The summed E-state index contributed by atoms with van der Waals surface area (Å²) in [5.74, 6) is 0.898. The van der Waals surface area contributed by atoms with Gasteiger partial charge in [0.25, 0.3) is 0 Å². The normalized spacial score (nSPS) is 26.9. The maximum atomic E-state index is 11.4. The summed E-state index contributed by atoms with van der Waals surface area (Å²) < 4.78 is 1.85. The summed E-state index contributed by atoms with van der Waals surface area (Å²) in [6.07, 6.45) is 6.86. The molecule has 0 aliphatic heterocycles. The van der Waals surface area contributed by atoms with Crippen molar-refractivity contribution < 1.29 is 4.79 Å². The largest absolute Gasteiger partial charge is 0.300 e. The Balaban J connectivity index is 2.20. The fourth-order valence-electron chi connectivity index (χ4n) is 2.32. The zero-order valence-electron chi connectivity index (χ0n) is 8.82. The average Bonchev–Trinajstić information content (AvgIpc) is 2.65. The molecule has 1 fully saturated rings. The van der Waals surface area contributed by atoms with Crippen molar-refractivity contribution in [2.45, 2.75) is 38.6 Å². The van der Waals surface area contributed by atoms with Crippen LogP contribution >= 0.6 is 11.6 Å². The Kier molecular flexibility index (Phi) is 3.10. The summed E-state index contributed by atoms with van der Waals surface area (Å²) in [5.41, 5.74) is 0. The number of aromatic nitrogens is 2. The number of hydrogen-bond donors (Lipinski definition) is 0. The Morgan fingerprint density at radius 3 is 3.07 bits per heavy atom. The number of rotatable bonds is 2. The molecule has 1 aromatic rings. The SMILES string of the molecule is CCC1CCC(=O)CC1n1cc(Cl)cn1. The number of carbonyl (C=O) groups is 1. The first kappa shape index (κ1) is 10.7. The van der Waals surface area contributed by atoms with Gasteiger partial charge in [0, 0.05) is 19.0 Å². The topological polar surface area (TPSA) is 34.9 Å². The fourth-order valence-corrected chi connectivity index (χ4v) is 2.47. The van der Waals surface area contributed by atoms with Crippen LogP contribution in [-0.4, -0.2) is 15.6 Å². The van der Waals surface area contributed by atoms with Crippen molar-refractivity contribution in [1.29, 1.82) is 0 Å². The first-order chi connectivity index (χ1) is 7.20. The molecular weight excluding hydrogens is 212 g/mol. The van der Waals surface area contributed by atoms with Crippen LogP contribution in [0.4, 0.5) is 0 Å². The van der Waals surface area contributed by atoms with Gasteiger partial charge in [0.15, 0.2) is 0 Å². The molecule has 2 unspecified atom stereocenters. The Morgan fingerprint density at radius 1 is 1.67 bits per heavy atom. The van der Waals surface area contributed by atoms with Crippen LogP contribution in [0.3, 0.4) is 0 Å². The minimum Gasteiger partial charge on any atom is -0.300 e. The monoisotopic (exact) mass is 226 g/mol. The van der Waals surface area contributed by atoms with Gasteiger partial charge >= 0.3 is 0 Å². The van der Waals surface area contributed by atoms with E-state index in [4.69, 9.17) is 11.6 Å². The molecule has 1 saturated carbocycles. The van der Waals surface area contributed by atoms with Gasteiger partial charge in [-0.15, -0.1) is 0 Å². The lowest BCUT2D eigenvalue weighted by molar-refractivity contribution is -0.122. The molecule has 0 saturated heterocycles. The van der Waals surface area contributed by atoms with E-state index in [2.05, 4.69) is 12.0 Å². The standard InChI is InChI=1S/C11H15ClN2O/c1-2-8-3-4-10(15)5-11(8)14-7-9(12)6-13-14/h6-8,11H,2-5H2,1H3. The minimum atomic E-state index is 0.212. The van der Waals surface area contributed by atoms with E-state index in [1.165, 1.54) is 0 Å². The Hall–Kier alpha value is -0.830. The smallest absolute Gasteiger partial charge is 0.135 e. The van der Waals surface area contributed by atoms with E-state index < -0.39 is 0 Å². The van der Waals surface area contributed by atoms with Crippen LogP contribution in [0.5, 0.6) is 0 Å². The van der Waals surface area contributed by atoms with Gasteiger partial charge in [-0.3, -0.25) is 9.48 Å². The van der Waals surface area contributed by atoms with E-state index in [0.29, 0.717) is 23.1 Å². The van der Waals surface area contributed by atoms with Crippen LogP contribution in [-0.2, 0) is 4.79 Å². The van der Waals surface area contributed by atoms with Crippen LogP contribution < -0.4 is 0 Å². The van der Waals surface area contributed by atoms with Gasteiger partial charge in [0.1, 0.15) is 5.78 Å². The predicted molar refractivity (Wildman–Crippen MR) is 58.9 cm³/mol. The Labute approximate surface area is 94.4 Å². The van der Waals surface area contributed by atoms with E-state index in [9.17, 15) is 4.79 Å². The number of Topliss-reactive ketones (excluding diaryl/α,β-unsaturated/α-hetero) is 1. The molecule has 2 atom stereocenters. The predicted octanol–water partition coefficient (Wildman–Crippen LogP) is 2.86. The third-order valence-electron chi connectivity index (χ3n) is 3.21. The van der Waals surface area contributed by atoms with Crippen molar-refractivity contribution in [1.82, 2.24) is 9.78 Å². The number of halogens is 1. The van der Waals surface area contributed by atoms with Gasteiger partial charge in [0.2, 0.25) is 0 Å². The number of hydrogen-bond acceptors (Lipinski definition) is 2. The van der Waals surface area contributed by atoms with Crippen molar-refractivity contribution in [3.05, 3.63) is 17.4 Å². The lowest BCUT2D eigenvalue weighted by Crippen LogP contribution is -2.27. The highest BCUT2D eigenvalue weighted by molar-refractivity contribution is 6.30. The van der Waals surface area contributed by atoms with Crippen LogP contribution in [0.15, 0.2) is 12.4 Å². The summed E-state index contributed by atoms with van der Waals surface area (Å²) in [6.45, 7) is 2.17. The summed E-state index contributed by atoms with van der Waals surface area (Å²) in [6, 6.07) is 0.212. The zero-order chi connectivity index (χ0) is 10.8. The molecule has 0 spiro atoms. The number of nitrogens with zero attached hydrogens (tertiary/aromatic N) is 2. The molecule has 1 aliphatic rings. The highest BCUT2D eigenvalue weighted by Gasteiger charge is 2.29. The van der Waals surface area contributed by atoms with Crippen LogP contribution in [0.1, 0.15) is 38.6 Å². The molecule has 2 rings (SSSR count). The Morgan fingerprint density at radius 2 is 2.47 bits per heavy atom. The minimum absolute atomic E-state index is 0.212. The molecule has 0 radical (unpaired) electrons. The van der Waals surface area contributed by atoms with Crippen molar-refractivity contribution in [2.24, 2.45) is 5.92 Å². The van der Waals surface area contributed by atoms with Gasteiger partial charge in [-0.25, -0.2) is 0 Å². The molecule has 0 N–H and O–H groups in total. The summed E-state index contributed by atoms with van der Waals surface area (Å²) >= 11 is 5.84. The molecule has 0 amide bonds. The molecule has 0 aromatic carbocycles. The van der Waals surface area contributed by atoms with Gasteiger partial charge in [-0.1, -0.05) is 24.9 Å². The second-order valence-electron chi connectivity index (χ2n) is 4.16. The lowest BCUT2D eigenvalue weighted by atomic mass is 9.82. The van der Waals surface area contributed by atoms with E-state index in [1.807, 2.05) is 10.9 Å². The van der Waals surface area contributed by atoms with E-state index in [1.54, 1.807) is 6.20 Å². The molecule has 4 heteroatoms. The average molecular weight is 227 g/mol. The van der Waals surface area contributed by atoms with Crippen molar-refractivity contribution in [2.75, 3.05) is 0 Å². The number of carbonyl (C=O) groups excluding carboxylic acids is 1. The van der Waals surface area contributed by atoms with Crippen molar-refractivity contribution in [3.63, 3.8) is 0 Å². The summed E-state index contributed by atoms with van der Waals surface area (Å²) in [4.78, 5) is 11.4. The van der Waals surface area contributed by atoms with Crippen LogP contribution in [0, 0.1) is 5.92 Å². The van der Waals surface area contributed by atoms with Crippen molar-refractivity contribution >= 4 is 17.4 Å². The van der Waals surface area contributed by atoms with E-state index in [-0.39, 0.29) is 6.04 Å². The second-order valence-corrected chi connectivity index (χ2v) is 4.59. The highest BCUT2D eigenvalue weighted by atomic mass is 35.5. The quantitative estimate of drug-likeness (QED) is 0.777. The summed E-state index contributed by atoms with van der Waals surface area (Å²) in [7, 11) is 0. The third-order valence-corrected chi connectivity index (χ3v) is 3.40. The molecular formula is C11H15ClN2O. The molecule has 1 aromatic heterocycles. The number of ketones is 1. The van der Waals surface area contributed by atoms with Crippen molar-refractivity contribution in [3.8, 4) is 0 Å².